The van der Waals surface area contributed by atoms with Crippen molar-refractivity contribution in [3.8, 4) is 0 Å². The first-order chi connectivity index (χ1) is 10.9. The van der Waals surface area contributed by atoms with Crippen molar-refractivity contribution in [3.05, 3.63) is 11.8 Å². The van der Waals surface area contributed by atoms with Gasteiger partial charge >= 0.3 is 0 Å². The van der Waals surface area contributed by atoms with E-state index in [0.29, 0.717) is 0 Å². The van der Waals surface area contributed by atoms with Crippen molar-refractivity contribution in [2.75, 3.05) is 0 Å². The lowest BCUT2D eigenvalue weighted by atomic mass is 9.74. The van der Waals surface area contributed by atoms with Crippen molar-refractivity contribution in [2.24, 2.45) is 16.8 Å². The van der Waals surface area contributed by atoms with Crippen LogP contribution >= 0.6 is 0 Å². The van der Waals surface area contributed by atoms with Gasteiger partial charge in [0.25, 0.3) is 0 Å². The van der Waals surface area contributed by atoms with Crippen molar-refractivity contribution >= 4 is 5.71 Å². The molecule has 0 aromatic rings. The number of nitrogens with zero attached hydrogens (tertiary/aromatic N) is 1. The average Bonchev–Trinajstić information content (AvgIpc) is 2.65. The fraction of sp³-hybridized carbons (Fsp3) is 0.857. The van der Waals surface area contributed by atoms with Crippen molar-refractivity contribution in [1.82, 2.24) is 0 Å². The predicted octanol–water partition coefficient (Wildman–Crippen LogP) is 7.07. The Morgan fingerprint density at radius 1 is 0.818 bits per heavy atom. The Labute approximate surface area is 138 Å². The summed E-state index contributed by atoms with van der Waals surface area (Å²) in [5, 5.41) is 0. The van der Waals surface area contributed by atoms with Crippen LogP contribution in [-0.2, 0) is 0 Å². The topological polar surface area (TPSA) is 12.4 Å². The second-order valence-corrected chi connectivity index (χ2v) is 7.44. The van der Waals surface area contributed by atoms with Crippen LogP contribution < -0.4 is 0 Å². The van der Waals surface area contributed by atoms with Gasteiger partial charge in [0.2, 0.25) is 0 Å². The predicted molar refractivity (Wildman–Crippen MR) is 98.5 cm³/mol. The molecule has 0 radical (unpaired) electrons. The number of unbranched alkanes of at least 4 members (excludes halogenated alkanes) is 3. The van der Waals surface area contributed by atoms with E-state index in [9.17, 15) is 0 Å². The largest absolute Gasteiger partial charge is 0.265 e. The zero-order valence-corrected chi connectivity index (χ0v) is 15.1. The highest BCUT2D eigenvalue weighted by atomic mass is 14.7. The monoisotopic (exact) mass is 303 g/mol. The van der Waals surface area contributed by atoms with E-state index in [1.807, 2.05) is 0 Å². The number of rotatable bonds is 7. The van der Waals surface area contributed by atoms with E-state index in [1.165, 1.54) is 89.9 Å². The summed E-state index contributed by atoms with van der Waals surface area (Å²) < 4.78 is 0. The zero-order valence-electron chi connectivity index (χ0n) is 15.1. The maximum Gasteiger partial charge on any atom is 0.0262 e. The van der Waals surface area contributed by atoms with Crippen LogP contribution in [0.3, 0.4) is 0 Å². The standard InChI is InChI=1S/C21H37N/c1-3-5-6-12-16-21-20-15-11-9-7-8-10-14-19(20)18(13-4-2)17-22-21/h17,19-20H,3-16H2,1-2H3. The molecule has 1 aliphatic carbocycles. The first-order valence-electron chi connectivity index (χ1n) is 10.1. The van der Waals surface area contributed by atoms with Gasteiger partial charge in [-0.05, 0) is 43.6 Å². The molecule has 0 saturated heterocycles. The summed E-state index contributed by atoms with van der Waals surface area (Å²) in [5.41, 5.74) is 3.23. The highest BCUT2D eigenvalue weighted by Gasteiger charge is 2.30. The Morgan fingerprint density at radius 2 is 1.55 bits per heavy atom. The van der Waals surface area contributed by atoms with Crippen molar-refractivity contribution in [2.45, 2.75) is 104 Å². The molecule has 0 bridgehead atoms. The van der Waals surface area contributed by atoms with Gasteiger partial charge in [-0.3, -0.25) is 4.99 Å². The number of hydrogen-bond donors (Lipinski definition) is 0. The molecule has 1 fully saturated rings. The third kappa shape index (κ3) is 5.25. The molecule has 2 atom stereocenters. The quantitative estimate of drug-likeness (QED) is 0.446. The van der Waals surface area contributed by atoms with Gasteiger partial charge in [-0.1, -0.05) is 71.6 Å². The van der Waals surface area contributed by atoms with Crippen LogP contribution in [0.1, 0.15) is 104 Å². The molecule has 1 heterocycles. The number of hydrogen-bond acceptors (Lipinski definition) is 1. The Balaban J connectivity index is 2.05. The van der Waals surface area contributed by atoms with E-state index in [4.69, 9.17) is 4.99 Å². The van der Waals surface area contributed by atoms with Crippen LogP contribution in [0.25, 0.3) is 0 Å². The van der Waals surface area contributed by atoms with Gasteiger partial charge in [0.15, 0.2) is 0 Å². The molecule has 2 aliphatic rings. The lowest BCUT2D eigenvalue weighted by Crippen LogP contribution is -2.28. The Bertz CT molecular complexity index is 366. The molecule has 0 amide bonds. The third-order valence-corrected chi connectivity index (χ3v) is 5.64. The normalized spacial score (nSPS) is 26.3. The third-order valence-electron chi connectivity index (χ3n) is 5.64. The maximum atomic E-state index is 4.97. The number of allylic oxidation sites excluding steroid dienone is 1. The van der Waals surface area contributed by atoms with E-state index in [0.717, 1.165) is 11.8 Å². The van der Waals surface area contributed by atoms with Crippen LogP contribution in [0.5, 0.6) is 0 Å². The van der Waals surface area contributed by atoms with Crippen LogP contribution in [0.4, 0.5) is 0 Å². The molecule has 0 aromatic heterocycles. The molecule has 1 saturated carbocycles. The summed E-state index contributed by atoms with van der Waals surface area (Å²) in [6, 6.07) is 0. The van der Waals surface area contributed by atoms with E-state index in [2.05, 4.69) is 20.0 Å². The van der Waals surface area contributed by atoms with Crippen LogP contribution in [0.2, 0.25) is 0 Å². The van der Waals surface area contributed by atoms with Crippen molar-refractivity contribution < 1.29 is 0 Å². The molecule has 2 unspecified atom stereocenters. The summed E-state index contributed by atoms with van der Waals surface area (Å²) in [7, 11) is 0. The van der Waals surface area contributed by atoms with Gasteiger partial charge in [-0.15, -0.1) is 0 Å². The fourth-order valence-electron chi connectivity index (χ4n) is 4.38. The zero-order chi connectivity index (χ0) is 15.6. The molecule has 1 nitrogen and oxygen atoms in total. The van der Waals surface area contributed by atoms with Crippen molar-refractivity contribution in [1.29, 1.82) is 0 Å². The average molecular weight is 304 g/mol. The Kier molecular flexibility index (Phi) is 8.26. The summed E-state index contributed by atoms with van der Waals surface area (Å²) in [4.78, 5) is 4.97. The molecular weight excluding hydrogens is 266 g/mol. The van der Waals surface area contributed by atoms with Crippen LogP contribution in [0.15, 0.2) is 16.8 Å². The maximum absolute atomic E-state index is 4.97. The van der Waals surface area contributed by atoms with E-state index in [1.54, 1.807) is 11.3 Å². The highest BCUT2D eigenvalue weighted by molar-refractivity contribution is 5.88. The summed E-state index contributed by atoms with van der Waals surface area (Å²) >= 11 is 0. The SMILES string of the molecule is CCCCCCC1=NC=C(CCC)C2CCCCCCCC12. The van der Waals surface area contributed by atoms with Gasteiger partial charge in [-0.2, -0.15) is 0 Å². The summed E-state index contributed by atoms with van der Waals surface area (Å²) in [6.07, 6.45) is 21.6. The molecule has 126 valence electrons. The molecule has 0 aromatic carbocycles. The number of aliphatic imine (C=N–C) groups is 1. The molecular formula is C21H37N. The number of fused-ring (bicyclic) bond motifs is 1. The second-order valence-electron chi connectivity index (χ2n) is 7.44. The van der Waals surface area contributed by atoms with Gasteiger partial charge < -0.3 is 0 Å². The Hall–Kier alpha value is -0.590. The van der Waals surface area contributed by atoms with E-state index in [-0.39, 0.29) is 0 Å². The second kappa shape index (κ2) is 10.2. The molecule has 1 heteroatoms. The first-order valence-corrected chi connectivity index (χ1v) is 10.1. The minimum absolute atomic E-state index is 0.784. The lowest BCUT2D eigenvalue weighted by Gasteiger charge is -2.33. The lowest BCUT2D eigenvalue weighted by molar-refractivity contribution is 0.393. The molecule has 0 N–H and O–H groups in total. The van der Waals surface area contributed by atoms with Gasteiger partial charge in [0.05, 0.1) is 0 Å². The van der Waals surface area contributed by atoms with Gasteiger partial charge in [0, 0.05) is 17.8 Å². The first kappa shape index (κ1) is 17.8. The highest BCUT2D eigenvalue weighted by Crippen LogP contribution is 2.38. The Morgan fingerprint density at radius 3 is 2.27 bits per heavy atom. The van der Waals surface area contributed by atoms with Crippen molar-refractivity contribution in [3.63, 3.8) is 0 Å². The van der Waals surface area contributed by atoms with Crippen LogP contribution in [-0.4, -0.2) is 5.71 Å². The fourth-order valence-corrected chi connectivity index (χ4v) is 4.38. The summed E-state index contributed by atoms with van der Waals surface area (Å²) in [6.45, 7) is 4.61. The van der Waals surface area contributed by atoms with Gasteiger partial charge in [0.1, 0.15) is 0 Å². The van der Waals surface area contributed by atoms with E-state index >= 15 is 0 Å². The molecule has 0 spiro atoms. The molecule has 22 heavy (non-hydrogen) atoms. The molecule has 2 rings (SSSR count). The minimum Gasteiger partial charge on any atom is -0.265 e. The molecule has 1 aliphatic heterocycles. The van der Waals surface area contributed by atoms with E-state index < -0.39 is 0 Å². The minimum atomic E-state index is 0.784. The smallest absolute Gasteiger partial charge is 0.0262 e. The van der Waals surface area contributed by atoms with Crippen LogP contribution in [0, 0.1) is 11.8 Å². The van der Waals surface area contributed by atoms with Gasteiger partial charge in [-0.25, -0.2) is 0 Å². The summed E-state index contributed by atoms with van der Waals surface area (Å²) in [5.74, 6) is 1.61.